The van der Waals surface area contributed by atoms with Gasteiger partial charge in [0, 0.05) is 10.7 Å². The number of halogens is 1. The Balaban J connectivity index is 2.16. The summed E-state index contributed by atoms with van der Waals surface area (Å²) < 4.78 is 10.4. The Bertz CT molecular complexity index is 810. The molecule has 0 bridgehead atoms. The molecule has 132 valence electrons. The Hall–Kier alpha value is -2.80. The molecule has 0 spiro atoms. The summed E-state index contributed by atoms with van der Waals surface area (Å²) in [6.07, 6.45) is -0.953. The quantitative estimate of drug-likeness (QED) is 0.618. The molecule has 1 N–H and O–H groups in total. The standard InChI is InChI=1S/C17H17ClN2O5/c1-10-13(18)5-4-6-14(10)19-17(21)11(2)25-16-8-7-12(24-3)9-15(16)20(22)23/h4-9,11H,1-3H3,(H,19,21)/t11-/m0/s1. The van der Waals surface area contributed by atoms with Crippen molar-refractivity contribution in [2.45, 2.75) is 20.0 Å². The molecule has 0 unspecified atom stereocenters. The van der Waals surface area contributed by atoms with Crippen LogP contribution in [0.4, 0.5) is 11.4 Å². The number of amides is 1. The van der Waals surface area contributed by atoms with Gasteiger partial charge in [-0.1, -0.05) is 17.7 Å². The molecule has 1 amide bonds. The second-order valence-electron chi connectivity index (χ2n) is 5.25. The molecule has 0 aliphatic heterocycles. The molecule has 0 aromatic heterocycles. The highest BCUT2D eigenvalue weighted by Gasteiger charge is 2.22. The highest BCUT2D eigenvalue weighted by Crippen LogP contribution is 2.32. The van der Waals surface area contributed by atoms with E-state index in [4.69, 9.17) is 21.1 Å². The number of ether oxygens (including phenoxy) is 2. The van der Waals surface area contributed by atoms with Crippen LogP contribution in [0.2, 0.25) is 5.02 Å². The van der Waals surface area contributed by atoms with Crippen LogP contribution in [0.5, 0.6) is 11.5 Å². The predicted octanol–water partition coefficient (Wildman–Crippen LogP) is 3.97. The van der Waals surface area contributed by atoms with Gasteiger partial charge in [0.25, 0.3) is 5.91 Å². The van der Waals surface area contributed by atoms with Gasteiger partial charge in [-0.25, -0.2) is 0 Å². The highest BCUT2D eigenvalue weighted by molar-refractivity contribution is 6.31. The van der Waals surface area contributed by atoms with E-state index in [1.54, 1.807) is 25.1 Å². The van der Waals surface area contributed by atoms with Crippen LogP contribution in [-0.2, 0) is 4.79 Å². The molecule has 0 heterocycles. The van der Waals surface area contributed by atoms with Crippen LogP contribution in [0.15, 0.2) is 36.4 Å². The zero-order valence-electron chi connectivity index (χ0n) is 13.9. The molecule has 0 saturated heterocycles. The lowest BCUT2D eigenvalue weighted by molar-refractivity contribution is -0.386. The van der Waals surface area contributed by atoms with Gasteiger partial charge in [-0.3, -0.25) is 14.9 Å². The number of nitrogens with zero attached hydrogens (tertiary/aromatic N) is 1. The molecule has 0 aliphatic rings. The first-order chi connectivity index (χ1) is 11.8. The Morgan fingerprint density at radius 1 is 1.32 bits per heavy atom. The zero-order valence-corrected chi connectivity index (χ0v) is 14.7. The van der Waals surface area contributed by atoms with Crippen molar-refractivity contribution in [2.24, 2.45) is 0 Å². The zero-order chi connectivity index (χ0) is 18.6. The molecule has 2 aromatic rings. The Morgan fingerprint density at radius 3 is 2.68 bits per heavy atom. The summed E-state index contributed by atoms with van der Waals surface area (Å²) in [5.74, 6) is -0.141. The maximum Gasteiger partial charge on any atom is 0.314 e. The first-order valence-electron chi connectivity index (χ1n) is 7.38. The van der Waals surface area contributed by atoms with Crippen LogP contribution in [0.1, 0.15) is 12.5 Å². The minimum Gasteiger partial charge on any atom is -0.496 e. The number of methoxy groups -OCH3 is 1. The van der Waals surface area contributed by atoms with Crippen molar-refractivity contribution in [3.05, 3.63) is 57.1 Å². The first-order valence-corrected chi connectivity index (χ1v) is 7.76. The average molecular weight is 365 g/mol. The summed E-state index contributed by atoms with van der Waals surface area (Å²) in [6.45, 7) is 3.28. The smallest absolute Gasteiger partial charge is 0.314 e. The maximum absolute atomic E-state index is 12.3. The lowest BCUT2D eigenvalue weighted by atomic mass is 10.2. The van der Waals surface area contributed by atoms with E-state index in [0.29, 0.717) is 16.5 Å². The van der Waals surface area contributed by atoms with E-state index >= 15 is 0 Å². The van der Waals surface area contributed by atoms with Gasteiger partial charge in [0.1, 0.15) is 5.75 Å². The van der Waals surface area contributed by atoms with E-state index in [0.717, 1.165) is 5.56 Å². The normalized spacial score (nSPS) is 11.5. The molecule has 25 heavy (non-hydrogen) atoms. The second kappa shape index (κ2) is 7.85. The molecule has 0 saturated carbocycles. The lowest BCUT2D eigenvalue weighted by Gasteiger charge is -2.16. The second-order valence-corrected chi connectivity index (χ2v) is 5.66. The summed E-state index contributed by atoms with van der Waals surface area (Å²) in [5, 5.41) is 14.4. The minimum atomic E-state index is -0.953. The van der Waals surface area contributed by atoms with Crippen LogP contribution in [0, 0.1) is 17.0 Å². The van der Waals surface area contributed by atoms with Crippen molar-refractivity contribution >= 4 is 28.9 Å². The van der Waals surface area contributed by atoms with Gasteiger partial charge < -0.3 is 14.8 Å². The third-order valence-electron chi connectivity index (χ3n) is 3.56. The van der Waals surface area contributed by atoms with Gasteiger partial charge in [0.15, 0.2) is 11.9 Å². The largest absolute Gasteiger partial charge is 0.496 e. The Labute approximate surface area is 149 Å². The fraction of sp³-hybridized carbons (Fsp3) is 0.235. The molecule has 1 atom stereocenters. The fourth-order valence-corrected chi connectivity index (χ4v) is 2.26. The third-order valence-corrected chi connectivity index (χ3v) is 3.97. The SMILES string of the molecule is COc1ccc(O[C@@H](C)C(=O)Nc2cccc(Cl)c2C)c([N+](=O)[O-])c1. The molecule has 2 aromatic carbocycles. The number of hydrogen-bond acceptors (Lipinski definition) is 5. The Kier molecular flexibility index (Phi) is 5.82. The monoisotopic (exact) mass is 364 g/mol. The van der Waals surface area contributed by atoms with Crippen LogP contribution in [0.3, 0.4) is 0 Å². The van der Waals surface area contributed by atoms with E-state index in [1.807, 2.05) is 0 Å². The van der Waals surface area contributed by atoms with Crippen LogP contribution in [0.25, 0.3) is 0 Å². The summed E-state index contributed by atoms with van der Waals surface area (Å²) in [7, 11) is 1.41. The first kappa shape index (κ1) is 18.5. The number of anilines is 1. The number of rotatable bonds is 6. The number of nitro groups is 1. The summed E-state index contributed by atoms with van der Waals surface area (Å²) in [4.78, 5) is 22.9. The van der Waals surface area contributed by atoms with Gasteiger partial charge >= 0.3 is 5.69 Å². The van der Waals surface area contributed by atoms with Crippen molar-refractivity contribution < 1.29 is 19.2 Å². The summed E-state index contributed by atoms with van der Waals surface area (Å²) in [6, 6.07) is 9.29. The van der Waals surface area contributed by atoms with E-state index in [9.17, 15) is 14.9 Å². The highest BCUT2D eigenvalue weighted by atomic mass is 35.5. The number of hydrogen-bond donors (Lipinski definition) is 1. The van der Waals surface area contributed by atoms with E-state index in [1.165, 1.54) is 32.2 Å². The molecule has 7 nitrogen and oxygen atoms in total. The molecule has 8 heteroatoms. The van der Waals surface area contributed by atoms with Crippen LogP contribution in [-0.4, -0.2) is 24.0 Å². The maximum atomic E-state index is 12.3. The van der Waals surface area contributed by atoms with Crippen molar-refractivity contribution in [2.75, 3.05) is 12.4 Å². The number of nitrogens with one attached hydrogen (secondary N) is 1. The molecule has 0 radical (unpaired) electrons. The predicted molar refractivity (Wildman–Crippen MR) is 94.6 cm³/mol. The topological polar surface area (TPSA) is 90.7 Å². The Morgan fingerprint density at radius 2 is 2.04 bits per heavy atom. The van der Waals surface area contributed by atoms with Gasteiger partial charge in [-0.15, -0.1) is 0 Å². The number of carbonyl (C=O) groups excluding carboxylic acids is 1. The van der Waals surface area contributed by atoms with Crippen molar-refractivity contribution in [3.8, 4) is 11.5 Å². The summed E-state index contributed by atoms with van der Waals surface area (Å²) in [5.41, 5.74) is 0.996. The van der Waals surface area contributed by atoms with Gasteiger partial charge in [-0.2, -0.15) is 0 Å². The van der Waals surface area contributed by atoms with Gasteiger partial charge in [0.2, 0.25) is 0 Å². The minimum absolute atomic E-state index is 0.0173. The average Bonchev–Trinajstić information content (AvgIpc) is 2.59. The number of benzene rings is 2. The molecule has 2 rings (SSSR count). The number of carbonyl (C=O) groups is 1. The van der Waals surface area contributed by atoms with Crippen molar-refractivity contribution in [1.82, 2.24) is 0 Å². The van der Waals surface area contributed by atoms with Crippen LogP contribution >= 0.6 is 11.6 Å². The van der Waals surface area contributed by atoms with Crippen LogP contribution < -0.4 is 14.8 Å². The van der Waals surface area contributed by atoms with E-state index < -0.39 is 16.9 Å². The lowest BCUT2D eigenvalue weighted by Crippen LogP contribution is -2.30. The number of nitro benzene ring substituents is 1. The van der Waals surface area contributed by atoms with Gasteiger partial charge in [0.05, 0.1) is 18.1 Å². The van der Waals surface area contributed by atoms with Crippen molar-refractivity contribution in [1.29, 1.82) is 0 Å². The molecule has 0 fully saturated rings. The molecular formula is C17H17ClN2O5. The van der Waals surface area contributed by atoms with Crippen molar-refractivity contribution in [3.63, 3.8) is 0 Å². The molecular weight excluding hydrogens is 348 g/mol. The van der Waals surface area contributed by atoms with E-state index in [2.05, 4.69) is 5.32 Å². The molecule has 0 aliphatic carbocycles. The fourth-order valence-electron chi connectivity index (χ4n) is 2.09. The van der Waals surface area contributed by atoms with E-state index in [-0.39, 0.29) is 11.4 Å². The van der Waals surface area contributed by atoms with Gasteiger partial charge in [-0.05, 0) is 43.7 Å². The third kappa shape index (κ3) is 4.39. The summed E-state index contributed by atoms with van der Waals surface area (Å²) >= 11 is 6.02.